The van der Waals surface area contributed by atoms with Crippen molar-refractivity contribution in [3.8, 4) is 0 Å². The van der Waals surface area contributed by atoms with E-state index in [4.69, 9.17) is 17.3 Å². The van der Waals surface area contributed by atoms with Crippen LogP contribution in [0.1, 0.15) is 27.7 Å². The maximum Gasteiger partial charge on any atom is 0.166 e. The Bertz CT molecular complexity index is 469. The van der Waals surface area contributed by atoms with Crippen molar-refractivity contribution in [1.29, 1.82) is 0 Å². The van der Waals surface area contributed by atoms with Crippen LogP contribution in [0.3, 0.4) is 0 Å². The Labute approximate surface area is 113 Å². The van der Waals surface area contributed by atoms with Gasteiger partial charge in [0.25, 0.3) is 0 Å². The first-order chi connectivity index (χ1) is 8.19. The van der Waals surface area contributed by atoms with Crippen molar-refractivity contribution < 1.29 is 4.39 Å². The van der Waals surface area contributed by atoms with Crippen LogP contribution in [0.4, 0.5) is 15.8 Å². The quantitative estimate of drug-likeness (QED) is 0.810. The van der Waals surface area contributed by atoms with Crippen LogP contribution in [0.15, 0.2) is 12.1 Å². The van der Waals surface area contributed by atoms with E-state index in [1.54, 1.807) is 6.07 Å². The number of hydrogen-bond acceptors (Lipinski definition) is 2. The van der Waals surface area contributed by atoms with E-state index in [1.807, 2.05) is 0 Å². The van der Waals surface area contributed by atoms with Gasteiger partial charge in [-0.05, 0) is 28.9 Å². The number of rotatable bonds is 3. The van der Waals surface area contributed by atoms with E-state index < -0.39 is 5.82 Å². The van der Waals surface area contributed by atoms with Gasteiger partial charge in [0, 0.05) is 6.54 Å². The molecule has 0 unspecified atom stereocenters. The zero-order valence-electron chi connectivity index (χ0n) is 11.3. The number of nitrogens with two attached hydrogens (primary N) is 1. The van der Waals surface area contributed by atoms with Gasteiger partial charge in [-0.1, -0.05) is 39.3 Å². The summed E-state index contributed by atoms with van der Waals surface area (Å²) in [4.78, 5) is 0. The molecule has 0 saturated heterocycles. The molecule has 1 saturated carbocycles. The fourth-order valence-electron chi connectivity index (χ4n) is 2.79. The number of nitrogens with one attached hydrogen (secondary N) is 1. The highest BCUT2D eigenvalue weighted by Gasteiger charge is 2.64. The number of benzene rings is 1. The molecule has 1 aliphatic carbocycles. The van der Waals surface area contributed by atoms with Crippen molar-refractivity contribution in [3.63, 3.8) is 0 Å². The lowest BCUT2D eigenvalue weighted by molar-refractivity contribution is 0.457. The normalized spacial score (nSPS) is 20.8. The highest BCUT2D eigenvalue weighted by molar-refractivity contribution is 6.31. The fourth-order valence-corrected chi connectivity index (χ4v) is 2.95. The molecule has 0 bridgehead atoms. The van der Waals surface area contributed by atoms with Crippen LogP contribution in [-0.2, 0) is 0 Å². The summed E-state index contributed by atoms with van der Waals surface area (Å²) in [5, 5.41) is 3.21. The SMILES string of the molecule is CC1(C)C(CNc2c(N)ccc(Cl)c2F)C1(C)C. The van der Waals surface area contributed by atoms with Gasteiger partial charge in [0.15, 0.2) is 5.82 Å². The van der Waals surface area contributed by atoms with Crippen LogP contribution in [0.25, 0.3) is 0 Å². The average Bonchev–Trinajstić information content (AvgIpc) is 2.65. The topological polar surface area (TPSA) is 38.0 Å². The van der Waals surface area contributed by atoms with Gasteiger partial charge < -0.3 is 11.1 Å². The number of anilines is 2. The smallest absolute Gasteiger partial charge is 0.166 e. The maximum absolute atomic E-state index is 13.8. The predicted octanol–water partition coefficient (Wildman–Crippen LogP) is 4.16. The van der Waals surface area contributed by atoms with E-state index in [2.05, 4.69) is 33.0 Å². The third-order valence-electron chi connectivity index (χ3n) is 4.93. The van der Waals surface area contributed by atoms with Crippen molar-refractivity contribution in [1.82, 2.24) is 0 Å². The van der Waals surface area contributed by atoms with Gasteiger partial charge >= 0.3 is 0 Å². The van der Waals surface area contributed by atoms with Crippen molar-refractivity contribution >= 4 is 23.0 Å². The first-order valence-corrected chi connectivity index (χ1v) is 6.54. The Hall–Kier alpha value is -0.960. The summed E-state index contributed by atoms with van der Waals surface area (Å²) in [6, 6.07) is 3.10. The second kappa shape index (κ2) is 4.02. The molecule has 2 rings (SSSR count). The molecule has 0 amide bonds. The van der Waals surface area contributed by atoms with Crippen LogP contribution >= 0.6 is 11.6 Å². The Kier molecular flexibility index (Phi) is 3.01. The number of nitrogen functional groups attached to an aromatic ring is 1. The van der Waals surface area contributed by atoms with Gasteiger partial charge in [0.1, 0.15) is 0 Å². The predicted molar refractivity (Wildman–Crippen MR) is 75.4 cm³/mol. The molecule has 1 fully saturated rings. The molecular formula is C14H20ClFN2. The molecule has 1 aliphatic rings. The molecule has 0 spiro atoms. The summed E-state index contributed by atoms with van der Waals surface area (Å²) in [7, 11) is 0. The van der Waals surface area contributed by atoms with Crippen molar-refractivity contribution in [3.05, 3.63) is 23.0 Å². The Morgan fingerprint density at radius 2 is 1.83 bits per heavy atom. The second-order valence-corrected chi connectivity index (χ2v) is 6.61. The third kappa shape index (κ3) is 1.85. The lowest BCUT2D eigenvalue weighted by atomic mass is 10.0. The van der Waals surface area contributed by atoms with Crippen LogP contribution in [0, 0.1) is 22.6 Å². The van der Waals surface area contributed by atoms with Crippen molar-refractivity contribution in [2.24, 2.45) is 16.7 Å². The van der Waals surface area contributed by atoms with Gasteiger partial charge in [-0.3, -0.25) is 0 Å². The molecule has 2 nitrogen and oxygen atoms in total. The number of halogens is 2. The summed E-state index contributed by atoms with van der Waals surface area (Å²) in [5.74, 6) is 0.0377. The van der Waals surface area contributed by atoms with Gasteiger partial charge in [-0.25, -0.2) is 4.39 Å². The Morgan fingerprint density at radius 1 is 1.28 bits per heavy atom. The van der Waals surface area contributed by atoms with E-state index in [1.165, 1.54) is 6.07 Å². The van der Waals surface area contributed by atoms with E-state index >= 15 is 0 Å². The molecule has 3 N–H and O–H groups in total. The molecule has 0 aliphatic heterocycles. The summed E-state index contributed by atoms with van der Waals surface area (Å²) < 4.78 is 13.8. The van der Waals surface area contributed by atoms with Crippen molar-refractivity contribution in [2.75, 3.05) is 17.6 Å². The molecule has 1 aromatic rings. The van der Waals surface area contributed by atoms with E-state index in [0.29, 0.717) is 23.8 Å². The molecular weight excluding hydrogens is 251 g/mol. The van der Waals surface area contributed by atoms with Crippen molar-refractivity contribution in [2.45, 2.75) is 27.7 Å². The molecule has 18 heavy (non-hydrogen) atoms. The Balaban J connectivity index is 2.11. The highest BCUT2D eigenvalue weighted by atomic mass is 35.5. The highest BCUT2D eigenvalue weighted by Crippen LogP contribution is 2.68. The largest absolute Gasteiger partial charge is 0.397 e. The molecule has 4 heteroatoms. The molecule has 0 aromatic heterocycles. The lowest BCUT2D eigenvalue weighted by Crippen LogP contribution is -2.11. The van der Waals surface area contributed by atoms with Crippen LogP contribution in [0.5, 0.6) is 0 Å². The van der Waals surface area contributed by atoms with Crippen LogP contribution < -0.4 is 11.1 Å². The Morgan fingerprint density at radius 3 is 2.33 bits per heavy atom. The number of hydrogen-bond donors (Lipinski definition) is 2. The molecule has 100 valence electrons. The summed E-state index contributed by atoms with van der Waals surface area (Å²) in [6.45, 7) is 9.64. The fraction of sp³-hybridized carbons (Fsp3) is 0.571. The van der Waals surface area contributed by atoms with E-state index in [-0.39, 0.29) is 15.9 Å². The minimum atomic E-state index is -0.465. The second-order valence-electron chi connectivity index (χ2n) is 6.20. The first-order valence-electron chi connectivity index (χ1n) is 6.17. The standard InChI is InChI=1S/C14H20ClFN2/c1-13(2)10(14(13,3)4)7-18-12-9(17)6-5-8(15)11(12)16/h5-6,10,18H,7,17H2,1-4H3. The summed E-state index contributed by atoms with van der Waals surface area (Å²) >= 11 is 5.76. The first kappa shape index (κ1) is 13.5. The summed E-state index contributed by atoms with van der Waals surface area (Å²) in [6.07, 6.45) is 0. The van der Waals surface area contributed by atoms with Crippen LogP contribution in [0.2, 0.25) is 5.02 Å². The third-order valence-corrected chi connectivity index (χ3v) is 5.22. The minimum absolute atomic E-state index is 0.0982. The molecule has 0 radical (unpaired) electrons. The lowest BCUT2D eigenvalue weighted by Gasteiger charge is -2.12. The zero-order chi connectivity index (χ0) is 13.7. The average molecular weight is 271 g/mol. The summed E-state index contributed by atoms with van der Waals surface area (Å²) in [5.41, 5.74) is 7.02. The zero-order valence-corrected chi connectivity index (χ0v) is 12.0. The maximum atomic E-state index is 13.8. The van der Waals surface area contributed by atoms with E-state index in [9.17, 15) is 4.39 Å². The minimum Gasteiger partial charge on any atom is -0.397 e. The van der Waals surface area contributed by atoms with Gasteiger partial charge in [-0.15, -0.1) is 0 Å². The van der Waals surface area contributed by atoms with E-state index in [0.717, 1.165) is 0 Å². The molecule has 0 heterocycles. The van der Waals surface area contributed by atoms with Gasteiger partial charge in [0.2, 0.25) is 0 Å². The molecule has 1 aromatic carbocycles. The van der Waals surface area contributed by atoms with Crippen LogP contribution in [-0.4, -0.2) is 6.54 Å². The van der Waals surface area contributed by atoms with Gasteiger partial charge in [0.05, 0.1) is 16.4 Å². The monoisotopic (exact) mass is 270 g/mol. The van der Waals surface area contributed by atoms with Gasteiger partial charge in [-0.2, -0.15) is 0 Å². The molecule has 0 atom stereocenters.